The number of rotatable bonds is 5. The third kappa shape index (κ3) is 3.59. The van der Waals surface area contributed by atoms with Crippen LogP contribution in [0.25, 0.3) is 0 Å². The van der Waals surface area contributed by atoms with Crippen LogP contribution in [0, 0.1) is 0 Å². The van der Waals surface area contributed by atoms with Crippen molar-refractivity contribution < 1.29 is 8.42 Å². The van der Waals surface area contributed by atoms with Crippen LogP contribution in [0.2, 0.25) is 0 Å². The molecule has 2 unspecified atom stereocenters. The summed E-state index contributed by atoms with van der Waals surface area (Å²) in [5.74, 6) is 1.82. The molecule has 2 rings (SSSR count). The van der Waals surface area contributed by atoms with Gasteiger partial charge in [-0.3, -0.25) is 0 Å². The van der Waals surface area contributed by atoms with E-state index < -0.39 is 9.84 Å². The maximum Gasteiger partial charge on any atom is 0.224 e. The van der Waals surface area contributed by atoms with Crippen LogP contribution in [-0.4, -0.2) is 49.0 Å². The first kappa shape index (κ1) is 15.0. The molecule has 112 valence electrons. The van der Waals surface area contributed by atoms with E-state index in [2.05, 4.69) is 29.1 Å². The van der Waals surface area contributed by atoms with E-state index in [4.69, 9.17) is 0 Å². The van der Waals surface area contributed by atoms with Crippen LogP contribution in [0.4, 0.5) is 11.8 Å². The molecule has 2 heterocycles. The van der Waals surface area contributed by atoms with Crippen LogP contribution in [0.3, 0.4) is 0 Å². The molecule has 1 aliphatic rings. The lowest BCUT2D eigenvalue weighted by Crippen LogP contribution is -2.33. The van der Waals surface area contributed by atoms with Crippen molar-refractivity contribution in [3.8, 4) is 0 Å². The number of anilines is 2. The van der Waals surface area contributed by atoms with Gasteiger partial charge in [0.1, 0.15) is 5.82 Å². The summed E-state index contributed by atoms with van der Waals surface area (Å²) in [6.07, 6.45) is 3.36. The Labute approximate surface area is 120 Å². The van der Waals surface area contributed by atoms with Crippen LogP contribution in [0.5, 0.6) is 0 Å². The average Bonchev–Trinajstić information content (AvgIpc) is 2.78. The van der Waals surface area contributed by atoms with E-state index in [0.29, 0.717) is 18.4 Å². The Balaban J connectivity index is 2.10. The normalized spacial score (nSPS) is 22.4. The molecule has 6 nitrogen and oxygen atoms in total. The van der Waals surface area contributed by atoms with Gasteiger partial charge in [0.05, 0.1) is 11.5 Å². The van der Waals surface area contributed by atoms with E-state index in [0.717, 1.165) is 12.2 Å². The van der Waals surface area contributed by atoms with Crippen molar-refractivity contribution in [1.82, 2.24) is 9.97 Å². The number of nitrogens with one attached hydrogen (secondary N) is 1. The fourth-order valence-corrected chi connectivity index (χ4v) is 3.98. The van der Waals surface area contributed by atoms with Gasteiger partial charge < -0.3 is 10.2 Å². The fourth-order valence-electron chi connectivity index (χ4n) is 2.21. The molecule has 1 N–H and O–H groups in total. The highest BCUT2D eigenvalue weighted by atomic mass is 32.2. The SMILES string of the molecule is CCC(C)Nc1nccc(N(C)C2CCS(=O)(=O)C2)n1. The molecule has 0 aromatic carbocycles. The lowest BCUT2D eigenvalue weighted by molar-refractivity contribution is 0.600. The van der Waals surface area contributed by atoms with Gasteiger partial charge in [-0.25, -0.2) is 13.4 Å². The molecule has 1 aromatic heterocycles. The highest BCUT2D eigenvalue weighted by Crippen LogP contribution is 2.21. The van der Waals surface area contributed by atoms with E-state index in [1.807, 2.05) is 18.0 Å². The lowest BCUT2D eigenvalue weighted by Gasteiger charge is -2.24. The second kappa shape index (κ2) is 5.95. The van der Waals surface area contributed by atoms with Crippen LogP contribution in [0.15, 0.2) is 12.3 Å². The topological polar surface area (TPSA) is 75.2 Å². The quantitative estimate of drug-likeness (QED) is 0.883. The summed E-state index contributed by atoms with van der Waals surface area (Å²) in [4.78, 5) is 10.6. The van der Waals surface area contributed by atoms with Gasteiger partial charge in [-0.1, -0.05) is 6.92 Å². The van der Waals surface area contributed by atoms with Crippen LogP contribution in [-0.2, 0) is 9.84 Å². The summed E-state index contributed by atoms with van der Waals surface area (Å²) in [6, 6.07) is 2.13. The largest absolute Gasteiger partial charge is 0.355 e. The van der Waals surface area contributed by atoms with Crippen LogP contribution >= 0.6 is 0 Å². The summed E-state index contributed by atoms with van der Waals surface area (Å²) in [5.41, 5.74) is 0. The summed E-state index contributed by atoms with van der Waals surface area (Å²) >= 11 is 0. The minimum atomic E-state index is -2.88. The van der Waals surface area contributed by atoms with Gasteiger partial charge in [0.2, 0.25) is 5.95 Å². The Kier molecular flexibility index (Phi) is 4.47. The molecule has 7 heteroatoms. The summed E-state index contributed by atoms with van der Waals surface area (Å²) in [6.45, 7) is 4.17. The summed E-state index contributed by atoms with van der Waals surface area (Å²) < 4.78 is 23.1. The smallest absolute Gasteiger partial charge is 0.224 e. The molecule has 1 aliphatic heterocycles. The standard InChI is InChI=1S/C13H22N4O2S/c1-4-10(2)15-13-14-7-5-12(16-13)17(3)11-6-8-20(18,19)9-11/h5,7,10-11H,4,6,8-9H2,1-3H3,(H,14,15,16). The molecular formula is C13H22N4O2S. The Bertz CT molecular complexity index is 561. The Morgan fingerprint density at radius 1 is 1.55 bits per heavy atom. The van der Waals surface area contributed by atoms with E-state index in [-0.39, 0.29) is 17.5 Å². The zero-order valence-corrected chi connectivity index (χ0v) is 13.0. The van der Waals surface area contributed by atoms with Crippen LogP contribution in [0.1, 0.15) is 26.7 Å². The van der Waals surface area contributed by atoms with E-state index in [1.54, 1.807) is 6.20 Å². The molecule has 1 fully saturated rings. The minimum absolute atomic E-state index is 0.00588. The van der Waals surface area contributed by atoms with E-state index in [1.165, 1.54) is 0 Å². The molecule has 0 radical (unpaired) electrons. The molecular weight excluding hydrogens is 276 g/mol. The number of sulfone groups is 1. The molecule has 0 amide bonds. The van der Waals surface area contributed by atoms with Gasteiger partial charge in [-0.05, 0) is 25.8 Å². The van der Waals surface area contributed by atoms with Crippen molar-refractivity contribution in [2.45, 2.75) is 38.8 Å². The van der Waals surface area contributed by atoms with Gasteiger partial charge >= 0.3 is 0 Å². The van der Waals surface area contributed by atoms with E-state index in [9.17, 15) is 8.42 Å². The van der Waals surface area contributed by atoms with Crippen molar-refractivity contribution in [1.29, 1.82) is 0 Å². The zero-order valence-electron chi connectivity index (χ0n) is 12.2. The number of nitrogens with zero attached hydrogens (tertiary/aromatic N) is 3. The first-order valence-corrected chi connectivity index (χ1v) is 8.76. The van der Waals surface area contributed by atoms with Gasteiger partial charge in [-0.2, -0.15) is 4.98 Å². The number of hydrogen-bond acceptors (Lipinski definition) is 6. The maximum absolute atomic E-state index is 11.6. The first-order chi connectivity index (χ1) is 9.41. The first-order valence-electron chi connectivity index (χ1n) is 6.94. The van der Waals surface area contributed by atoms with Gasteiger partial charge in [0, 0.05) is 25.3 Å². The van der Waals surface area contributed by atoms with E-state index >= 15 is 0 Å². The highest BCUT2D eigenvalue weighted by Gasteiger charge is 2.31. The molecule has 20 heavy (non-hydrogen) atoms. The van der Waals surface area contributed by atoms with Crippen molar-refractivity contribution >= 4 is 21.6 Å². The molecule has 0 aliphatic carbocycles. The van der Waals surface area contributed by atoms with Crippen molar-refractivity contribution in [2.75, 3.05) is 28.8 Å². The Hall–Kier alpha value is -1.37. The van der Waals surface area contributed by atoms with Gasteiger partial charge in [-0.15, -0.1) is 0 Å². The third-order valence-corrected chi connectivity index (χ3v) is 5.50. The van der Waals surface area contributed by atoms with Gasteiger partial charge in [0.15, 0.2) is 9.84 Å². The monoisotopic (exact) mass is 298 g/mol. The Morgan fingerprint density at radius 2 is 2.30 bits per heavy atom. The van der Waals surface area contributed by atoms with Crippen molar-refractivity contribution in [3.63, 3.8) is 0 Å². The summed E-state index contributed by atoms with van der Waals surface area (Å²) in [5, 5.41) is 3.23. The molecule has 1 aromatic rings. The molecule has 1 saturated heterocycles. The van der Waals surface area contributed by atoms with Crippen LogP contribution < -0.4 is 10.2 Å². The molecule has 0 saturated carbocycles. The predicted octanol–water partition coefficient (Wildman–Crippen LogP) is 1.31. The van der Waals surface area contributed by atoms with Crippen molar-refractivity contribution in [3.05, 3.63) is 12.3 Å². The summed E-state index contributed by atoms with van der Waals surface area (Å²) in [7, 11) is -0.993. The molecule has 0 bridgehead atoms. The fraction of sp³-hybridized carbons (Fsp3) is 0.692. The number of hydrogen-bond donors (Lipinski definition) is 1. The predicted molar refractivity (Wildman–Crippen MR) is 80.9 cm³/mol. The second-order valence-corrected chi connectivity index (χ2v) is 7.59. The van der Waals surface area contributed by atoms with Gasteiger partial charge in [0.25, 0.3) is 0 Å². The highest BCUT2D eigenvalue weighted by molar-refractivity contribution is 7.91. The number of aromatic nitrogens is 2. The Morgan fingerprint density at radius 3 is 2.90 bits per heavy atom. The average molecular weight is 298 g/mol. The molecule has 2 atom stereocenters. The van der Waals surface area contributed by atoms with Crippen molar-refractivity contribution in [2.24, 2.45) is 0 Å². The maximum atomic E-state index is 11.6. The molecule has 0 spiro atoms. The zero-order chi connectivity index (χ0) is 14.8. The minimum Gasteiger partial charge on any atom is -0.355 e. The second-order valence-electron chi connectivity index (χ2n) is 5.36. The third-order valence-electron chi connectivity index (χ3n) is 3.75. The lowest BCUT2D eigenvalue weighted by atomic mass is 10.2.